The molecule has 0 saturated carbocycles. The van der Waals surface area contributed by atoms with Gasteiger partial charge in [0.15, 0.2) is 11.6 Å². The van der Waals surface area contributed by atoms with Crippen LogP contribution in [0.25, 0.3) is 11.0 Å². The van der Waals surface area contributed by atoms with Crippen LogP contribution in [0.1, 0.15) is 81.7 Å². The van der Waals surface area contributed by atoms with E-state index in [4.69, 9.17) is 9.40 Å². The number of fused-ring (bicyclic) bond motifs is 1. The molecule has 2 fully saturated rings. The molecule has 7 heteroatoms. The second-order valence-electron chi connectivity index (χ2n) is 9.24. The van der Waals surface area contributed by atoms with Crippen molar-refractivity contribution < 1.29 is 14.0 Å². The number of para-hydroxylation sites is 1. The van der Waals surface area contributed by atoms with Crippen molar-refractivity contribution in [1.29, 1.82) is 0 Å². The van der Waals surface area contributed by atoms with Gasteiger partial charge in [-0.3, -0.25) is 9.59 Å². The average Bonchev–Trinajstić information content (AvgIpc) is 3.45. The highest BCUT2D eigenvalue weighted by atomic mass is 16.3. The monoisotopic (exact) mass is 446 g/mol. The van der Waals surface area contributed by atoms with E-state index < -0.39 is 0 Å². The summed E-state index contributed by atoms with van der Waals surface area (Å²) in [4.78, 5) is 39.4. The fourth-order valence-corrected chi connectivity index (χ4v) is 5.12. The summed E-state index contributed by atoms with van der Waals surface area (Å²) in [5.41, 5.74) is 3.87. The Hall–Kier alpha value is -3.22. The molecular weight excluding hydrogens is 416 g/mol. The van der Waals surface area contributed by atoms with E-state index in [9.17, 15) is 9.59 Å². The Balaban J connectivity index is 1.41. The quantitative estimate of drug-likeness (QED) is 0.580. The lowest BCUT2D eigenvalue weighted by Crippen LogP contribution is -2.36. The number of aryl methyl sites for hydroxylation is 3. The van der Waals surface area contributed by atoms with Crippen LogP contribution < -0.4 is 0 Å². The number of piperidine rings is 1. The molecule has 0 unspecified atom stereocenters. The number of nitrogens with zero attached hydrogens (tertiary/aromatic N) is 4. The van der Waals surface area contributed by atoms with E-state index in [1.807, 2.05) is 48.8 Å². The summed E-state index contributed by atoms with van der Waals surface area (Å²) in [5, 5.41) is 0.974. The van der Waals surface area contributed by atoms with Crippen molar-refractivity contribution in [2.45, 2.75) is 58.9 Å². The Morgan fingerprint density at radius 1 is 1.00 bits per heavy atom. The zero-order valence-corrected chi connectivity index (χ0v) is 19.6. The fraction of sp³-hybridized carbons (Fsp3) is 0.462. The summed E-state index contributed by atoms with van der Waals surface area (Å²) in [7, 11) is 0. The maximum Gasteiger partial charge on any atom is 0.290 e. The Morgan fingerprint density at radius 2 is 1.79 bits per heavy atom. The molecule has 0 spiro atoms. The van der Waals surface area contributed by atoms with Gasteiger partial charge in [-0.05, 0) is 58.4 Å². The van der Waals surface area contributed by atoms with E-state index in [-0.39, 0.29) is 17.9 Å². The van der Waals surface area contributed by atoms with Crippen LogP contribution in [0.5, 0.6) is 0 Å². The third kappa shape index (κ3) is 3.79. The van der Waals surface area contributed by atoms with Crippen molar-refractivity contribution in [3.8, 4) is 0 Å². The Bertz CT molecular complexity index is 1230. The Morgan fingerprint density at radius 3 is 2.52 bits per heavy atom. The molecule has 1 atom stereocenters. The summed E-state index contributed by atoms with van der Waals surface area (Å²) in [6.07, 6.45) is 6.58. The van der Waals surface area contributed by atoms with Crippen molar-refractivity contribution in [3.63, 3.8) is 0 Å². The van der Waals surface area contributed by atoms with E-state index in [2.05, 4.69) is 4.98 Å². The van der Waals surface area contributed by atoms with E-state index >= 15 is 0 Å². The van der Waals surface area contributed by atoms with Crippen LogP contribution in [-0.4, -0.2) is 51.2 Å². The highest BCUT2D eigenvalue weighted by Crippen LogP contribution is 2.35. The number of amides is 2. The van der Waals surface area contributed by atoms with Gasteiger partial charge in [0.2, 0.25) is 0 Å². The lowest BCUT2D eigenvalue weighted by atomic mass is 10.1. The van der Waals surface area contributed by atoms with Crippen LogP contribution in [-0.2, 0) is 0 Å². The lowest BCUT2D eigenvalue weighted by Gasteiger charge is -2.27. The van der Waals surface area contributed by atoms with Crippen LogP contribution >= 0.6 is 0 Å². The van der Waals surface area contributed by atoms with Crippen LogP contribution in [0, 0.1) is 20.8 Å². The Kier molecular flexibility index (Phi) is 5.64. The van der Waals surface area contributed by atoms with Gasteiger partial charge < -0.3 is 14.2 Å². The molecule has 172 valence electrons. The van der Waals surface area contributed by atoms with Gasteiger partial charge in [-0.1, -0.05) is 18.2 Å². The first-order valence-corrected chi connectivity index (χ1v) is 11.9. The minimum absolute atomic E-state index is 0.00590. The molecular formula is C26H30N4O3. The number of rotatable bonds is 3. The minimum Gasteiger partial charge on any atom is -0.450 e. The molecule has 2 aliphatic rings. The van der Waals surface area contributed by atoms with E-state index in [0.717, 1.165) is 60.9 Å². The maximum absolute atomic E-state index is 13.5. The standard InChI is InChI=1S/C26H30N4O3/c1-16-9-7-10-19-17(2)23(33-22(16)19)26(32)30-14-8-11-21(30)24-27-15-20(18(3)28-24)25(31)29-12-5-4-6-13-29/h7,9-10,15,21H,4-6,8,11-14H2,1-3H3/t21-/m1/s1. The lowest BCUT2D eigenvalue weighted by molar-refractivity contribution is 0.0693. The van der Waals surface area contributed by atoms with Crippen LogP contribution in [0.15, 0.2) is 28.8 Å². The van der Waals surface area contributed by atoms with Crippen molar-refractivity contribution in [3.05, 3.63) is 58.4 Å². The number of hydrogen-bond donors (Lipinski definition) is 0. The predicted octanol–water partition coefficient (Wildman–Crippen LogP) is 4.75. The van der Waals surface area contributed by atoms with Crippen molar-refractivity contribution in [1.82, 2.24) is 19.8 Å². The molecule has 2 amide bonds. The number of hydrogen-bond acceptors (Lipinski definition) is 5. The molecule has 2 aliphatic heterocycles. The molecule has 2 saturated heterocycles. The molecule has 7 nitrogen and oxygen atoms in total. The van der Waals surface area contributed by atoms with Gasteiger partial charge in [0.1, 0.15) is 5.58 Å². The van der Waals surface area contributed by atoms with Crippen molar-refractivity contribution >= 4 is 22.8 Å². The number of furan rings is 1. The normalized spacial score (nSPS) is 18.8. The second-order valence-corrected chi connectivity index (χ2v) is 9.24. The topological polar surface area (TPSA) is 79.5 Å². The van der Waals surface area contributed by atoms with Gasteiger partial charge in [0.05, 0.1) is 17.3 Å². The highest BCUT2D eigenvalue weighted by Gasteiger charge is 2.35. The molecule has 4 heterocycles. The van der Waals surface area contributed by atoms with Crippen molar-refractivity contribution in [2.24, 2.45) is 0 Å². The zero-order chi connectivity index (χ0) is 23.1. The largest absolute Gasteiger partial charge is 0.450 e. The molecule has 0 N–H and O–H groups in total. The summed E-state index contributed by atoms with van der Waals surface area (Å²) < 4.78 is 6.05. The molecule has 0 aliphatic carbocycles. The number of likely N-dealkylation sites (tertiary alicyclic amines) is 2. The second kappa shape index (κ2) is 8.61. The van der Waals surface area contributed by atoms with E-state index in [0.29, 0.717) is 29.4 Å². The van der Waals surface area contributed by atoms with Gasteiger partial charge in [-0.25, -0.2) is 9.97 Å². The maximum atomic E-state index is 13.5. The predicted molar refractivity (Wildman–Crippen MR) is 125 cm³/mol. The zero-order valence-electron chi connectivity index (χ0n) is 19.6. The van der Waals surface area contributed by atoms with Gasteiger partial charge in [0.25, 0.3) is 11.8 Å². The number of aromatic nitrogens is 2. The van der Waals surface area contributed by atoms with Crippen LogP contribution in [0.4, 0.5) is 0 Å². The summed E-state index contributed by atoms with van der Waals surface area (Å²) in [6, 6.07) is 5.74. The molecule has 3 aromatic rings. The summed E-state index contributed by atoms with van der Waals surface area (Å²) in [6.45, 7) is 8.00. The molecule has 33 heavy (non-hydrogen) atoms. The van der Waals surface area contributed by atoms with E-state index in [1.54, 1.807) is 6.20 Å². The van der Waals surface area contributed by atoms with Gasteiger partial charge >= 0.3 is 0 Å². The van der Waals surface area contributed by atoms with Gasteiger partial charge in [0, 0.05) is 36.8 Å². The van der Waals surface area contributed by atoms with Gasteiger partial charge in [-0.15, -0.1) is 0 Å². The fourth-order valence-electron chi connectivity index (χ4n) is 5.12. The summed E-state index contributed by atoms with van der Waals surface area (Å²) >= 11 is 0. The molecule has 0 bridgehead atoms. The van der Waals surface area contributed by atoms with Gasteiger partial charge in [-0.2, -0.15) is 0 Å². The van der Waals surface area contributed by atoms with Crippen LogP contribution in [0.2, 0.25) is 0 Å². The molecule has 1 aromatic carbocycles. The minimum atomic E-state index is -0.218. The first kappa shape index (κ1) is 21.6. The Labute approximate surface area is 193 Å². The average molecular weight is 447 g/mol. The number of benzene rings is 1. The van der Waals surface area contributed by atoms with Crippen LogP contribution in [0.3, 0.4) is 0 Å². The molecule has 0 radical (unpaired) electrons. The smallest absolute Gasteiger partial charge is 0.290 e. The molecule has 2 aromatic heterocycles. The molecule has 5 rings (SSSR count). The highest BCUT2D eigenvalue weighted by molar-refractivity contribution is 6.00. The SMILES string of the molecule is Cc1nc([C@H]2CCCN2C(=O)c2oc3c(C)cccc3c2C)ncc1C(=O)N1CCCCC1. The third-order valence-electron chi connectivity index (χ3n) is 7.04. The first-order valence-electron chi connectivity index (χ1n) is 11.9. The van der Waals surface area contributed by atoms with Crippen molar-refractivity contribution in [2.75, 3.05) is 19.6 Å². The first-order chi connectivity index (χ1) is 16.0. The third-order valence-corrected chi connectivity index (χ3v) is 7.04. The van der Waals surface area contributed by atoms with E-state index in [1.165, 1.54) is 6.42 Å². The summed E-state index contributed by atoms with van der Waals surface area (Å²) in [5.74, 6) is 0.866. The number of carbonyl (C=O) groups excluding carboxylic acids is 2. The number of carbonyl (C=O) groups is 2.